The highest BCUT2D eigenvalue weighted by Gasteiger charge is 2.20. The average molecular weight is 379 g/mol. The molecular formula is C19H23ClN2O4. The number of halogens is 1. The van der Waals surface area contributed by atoms with Crippen molar-refractivity contribution < 1.29 is 14.3 Å². The van der Waals surface area contributed by atoms with Gasteiger partial charge in [-0.3, -0.25) is 4.79 Å². The highest BCUT2D eigenvalue weighted by atomic mass is 35.5. The third-order valence-corrected chi connectivity index (χ3v) is 3.89. The predicted octanol–water partition coefficient (Wildman–Crippen LogP) is 3.80. The fourth-order valence-corrected chi connectivity index (χ4v) is 2.36. The van der Waals surface area contributed by atoms with Crippen molar-refractivity contribution in [2.75, 3.05) is 6.61 Å². The molecule has 0 unspecified atom stereocenters. The van der Waals surface area contributed by atoms with E-state index in [2.05, 4.69) is 5.10 Å². The number of aromatic nitrogens is 2. The standard InChI is InChI=1S/C19H23ClN2O4/c1-5-10-25-18(24)14-8-6-13(7-9-14)12-26-15-11-21-22(19(2,3)4)17(23)16(15)20/h6-9,11H,5,10,12H2,1-4H3. The van der Waals surface area contributed by atoms with Gasteiger partial charge in [0.2, 0.25) is 0 Å². The first kappa shape index (κ1) is 20.0. The van der Waals surface area contributed by atoms with Gasteiger partial charge in [-0.1, -0.05) is 30.7 Å². The summed E-state index contributed by atoms with van der Waals surface area (Å²) < 4.78 is 12.0. The van der Waals surface area contributed by atoms with Gasteiger partial charge in [0.25, 0.3) is 5.56 Å². The second-order valence-electron chi connectivity index (χ2n) is 6.83. The summed E-state index contributed by atoms with van der Waals surface area (Å²) in [6.07, 6.45) is 2.21. The maximum absolute atomic E-state index is 12.3. The minimum atomic E-state index is -0.471. The molecule has 1 aromatic heterocycles. The molecule has 0 amide bonds. The molecule has 2 aromatic rings. The Morgan fingerprint density at radius 1 is 1.23 bits per heavy atom. The first-order valence-corrected chi connectivity index (χ1v) is 8.79. The summed E-state index contributed by atoms with van der Waals surface area (Å²) in [6.45, 7) is 8.13. The van der Waals surface area contributed by atoms with E-state index in [4.69, 9.17) is 21.1 Å². The summed E-state index contributed by atoms with van der Waals surface area (Å²) in [6, 6.07) is 6.88. The zero-order valence-corrected chi connectivity index (χ0v) is 16.2. The monoisotopic (exact) mass is 378 g/mol. The van der Waals surface area contributed by atoms with Crippen molar-refractivity contribution in [2.45, 2.75) is 46.3 Å². The summed E-state index contributed by atoms with van der Waals surface area (Å²) in [5.74, 6) is -0.124. The summed E-state index contributed by atoms with van der Waals surface area (Å²) in [5, 5.41) is 4.12. The largest absolute Gasteiger partial charge is 0.485 e. The molecule has 26 heavy (non-hydrogen) atoms. The van der Waals surface area contributed by atoms with Crippen LogP contribution in [0.1, 0.15) is 50.0 Å². The minimum absolute atomic E-state index is 0.00492. The average Bonchev–Trinajstić information content (AvgIpc) is 2.60. The van der Waals surface area contributed by atoms with E-state index in [1.165, 1.54) is 10.9 Å². The van der Waals surface area contributed by atoms with E-state index >= 15 is 0 Å². The number of nitrogens with zero attached hydrogens (tertiary/aromatic N) is 2. The van der Waals surface area contributed by atoms with Gasteiger partial charge < -0.3 is 9.47 Å². The summed E-state index contributed by atoms with van der Waals surface area (Å²) in [4.78, 5) is 24.1. The number of benzene rings is 1. The molecule has 0 atom stereocenters. The van der Waals surface area contributed by atoms with Crippen LogP contribution < -0.4 is 10.3 Å². The van der Waals surface area contributed by atoms with Gasteiger partial charge in [-0.15, -0.1) is 0 Å². The minimum Gasteiger partial charge on any atom is -0.485 e. The molecule has 0 saturated heterocycles. The van der Waals surface area contributed by atoms with E-state index in [1.54, 1.807) is 24.3 Å². The van der Waals surface area contributed by atoms with Crippen molar-refractivity contribution in [2.24, 2.45) is 0 Å². The molecule has 0 N–H and O–H groups in total. The van der Waals surface area contributed by atoms with Crippen LogP contribution in [0.5, 0.6) is 5.75 Å². The number of hydrogen-bond acceptors (Lipinski definition) is 5. The second kappa shape index (κ2) is 8.36. The third kappa shape index (κ3) is 4.85. The van der Waals surface area contributed by atoms with E-state index in [0.29, 0.717) is 12.2 Å². The Bertz CT molecular complexity index is 823. The lowest BCUT2D eigenvalue weighted by atomic mass is 10.1. The van der Waals surface area contributed by atoms with Gasteiger partial charge in [-0.2, -0.15) is 5.10 Å². The van der Waals surface area contributed by atoms with Crippen LogP contribution in [0.25, 0.3) is 0 Å². The first-order chi connectivity index (χ1) is 12.2. The number of carbonyl (C=O) groups excluding carboxylic acids is 1. The molecule has 2 rings (SSSR count). The van der Waals surface area contributed by atoms with Crippen LogP contribution in [0.4, 0.5) is 0 Å². The van der Waals surface area contributed by atoms with Crippen LogP contribution in [-0.2, 0) is 16.9 Å². The van der Waals surface area contributed by atoms with E-state index in [-0.39, 0.29) is 23.3 Å². The fourth-order valence-electron chi connectivity index (χ4n) is 2.17. The van der Waals surface area contributed by atoms with Crippen molar-refractivity contribution >= 4 is 17.6 Å². The number of esters is 1. The van der Waals surface area contributed by atoms with E-state index in [9.17, 15) is 9.59 Å². The molecule has 1 aromatic carbocycles. The molecule has 0 bridgehead atoms. The molecule has 140 valence electrons. The maximum atomic E-state index is 12.3. The molecule has 0 spiro atoms. The first-order valence-electron chi connectivity index (χ1n) is 8.41. The molecule has 0 radical (unpaired) electrons. The van der Waals surface area contributed by atoms with Crippen molar-refractivity contribution in [1.29, 1.82) is 0 Å². The van der Waals surface area contributed by atoms with Gasteiger partial charge in [0.15, 0.2) is 10.8 Å². The van der Waals surface area contributed by atoms with Gasteiger partial charge in [0.1, 0.15) is 6.61 Å². The van der Waals surface area contributed by atoms with E-state index in [0.717, 1.165) is 12.0 Å². The molecule has 0 aliphatic carbocycles. The molecule has 1 heterocycles. The number of ether oxygens (including phenoxy) is 2. The van der Waals surface area contributed by atoms with E-state index in [1.807, 2.05) is 27.7 Å². The summed E-state index contributed by atoms with van der Waals surface area (Å²) in [5.41, 5.74) is 0.440. The highest BCUT2D eigenvalue weighted by Crippen LogP contribution is 2.22. The number of rotatable bonds is 6. The third-order valence-electron chi connectivity index (χ3n) is 3.54. The van der Waals surface area contributed by atoms with Crippen molar-refractivity contribution in [3.05, 3.63) is 57.0 Å². The van der Waals surface area contributed by atoms with Gasteiger partial charge in [0.05, 0.1) is 23.9 Å². The normalized spacial score (nSPS) is 11.3. The van der Waals surface area contributed by atoms with Crippen LogP contribution in [-0.4, -0.2) is 22.4 Å². The Labute approximate surface area is 157 Å². The number of hydrogen-bond donors (Lipinski definition) is 0. The zero-order valence-electron chi connectivity index (χ0n) is 15.4. The lowest BCUT2D eigenvalue weighted by Gasteiger charge is -2.21. The Morgan fingerprint density at radius 2 is 1.88 bits per heavy atom. The highest BCUT2D eigenvalue weighted by molar-refractivity contribution is 6.31. The quantitative estimate of drug-likeness (QED) is 0.715. The van der Waals surface area contributed by atoms with Crippen molar-refractivity contribution in [3.8, 4) is 5.75 Å². The predicted molar refractivity (Wildman–Crippen MR) is 99.9 cm³/mol. The fraction of sp³-hybridized carbons (Fsp3) is 0.421. The molecule has 6 nitrogen and oxygen atoms in total. The number of carbonyl (C=O) groups is 1. The lowest BCUT2D eigenvalue weighted by Crippen LogP contribution is -2.36. The SMILES string of the molecule is CCCOC(=O)c1ccc(COc2cnn(C(C)(C)C)c(=O)c2Cl)cc1. The molecule has 0 aliphatic heterocycles. The Kier molecular flexibility index (Phi) is 6.42. The van der Waals surface area contributed by atoms with Crippen molar-refractivity contribution in [1.82, 2.24) is 9.78 Å². The Balaban J connectivity index is 2.06. The van der Waals surface area contributed by atoms with Crippen LogP contribution in [0.15, 0.2) is 35.3 Å². The van der Waals surface area contributed by atoms with Crippen LogP contribution in [0, 0.1) is 0 Å². The Morgan fingerprint density at radius 3 is 2.46 bits per heavy atom. The van der Waals surface area contributed by atoms with Gasteiger partial charge in [0, 0.05) is 0 Å². The molecule has 7 heteroatoms. The van der Waals surface area contributed by atoms with Crippen molar-refractivity contribution in [3.63, 3.8) is 0 Å². The molecular weight excluding hydrogens is 356 g/mol. The Hall–Kier alpha value is -2.34. The van der Waals surface area contributed by atoms with E-state index < -0.39 is 11.1 Å². The van der Waals surface area contributed by atoms with Gasteiger partial charge in [-0.05, 0) is 44.9 Å². The molecule has 0 saturated carbocycles. The lowest BCUT2D eigenvalue weighted by molar-refractivity contribution is 0.0505. The smallest absolute Gasteiger partial charge is 0.338 e. The summed E-state index contributed by atoms with van der Waals surface area (Å²) >= 11 is 6.13. The second-order valence-corrected chi connectivity index (χ2v) is 7.21. The molecule has 0 aliphatic rings. The molecule has 0 fully saturated rings. The topological polar surface area (TPSA) is 70.4 Å². The van der Waals surface area contributed by atoms with Crippen LogP contribution in [0.3, 0.4) is 0 Å². The van der Waals surface area contributed by atoms with Gasteiger partial charge in [-0.25, -0.2) is 9.48 Å². The zero-order chi connectivity index (χ0) is 19.3. The van der Waals surface area contributed by atoms with Crippen LogP contribution in [0.2, 0.25) is 5.02 Å². The maximum Gasteiger partial charge on any atom is 0.338 e. The van der Waals surface area contributed by atoms with Gasteiger partial charge >= 0.3 is 5.97 Å². The summed E-state index contributed by atoms with van der Waals surface area (Å²) in [7, 11) is 0. The van der Waals surface area contributed by atoms with Crippen LogP contribution >= 0.6 is 11.6 Å².